The van der Waals surface area contributed by atoms with E-state index < -0.39 is 5.97 Å². The number of ether oxygens (including phenoxy) is 1. The molecule has 4 rings (SSSR count). The minimum Gasteiger partial charge on any atom is -0.487 e. The summed E-state index contributed by atoms with van der Waals surface area (Å²) < 4.78 is 5.84. The van der Waals surface area contributed by atoms with Crippen molar-refractivity contribution in [3.63, 3.8) is 0 Å². The number of rotatable bonds is 6. The molecule has 2 aliphatic heterocycles. The summed E-state index contributed by atoms with van der Waals surface area (Å²) in [5.41, 5.74) is 8.75. The van der Waals surface area contributed by atoms with Crippen LogP contribution in [-0.4, -0.2) is 46.5 Å². The van der Waals surface area contributed by atoms with Crippen molar-refractivity contribution in [3.8, 4) is 5.75 Å². The van der Waals surface area contributed by atoms with Gasteiger partial charge in [0, 0.05) is 25.2 Å². The lowest BCUT2D eigenvalue weighted by Gasteiger charge is -2.30. The molecule has 1 amide bonds. The first-order valence-electron chi connectivity index (χ1n) is 10.3. The summed E-state index contributed by atoms with van der Waals surface area (Å²) >= 11 is 0. The van der Waals surface area contributed by atoms with E-state index in [1.54, 1.807) is 17.2 Å². The highest BCUT2D eigenvalue weighted by atomic mass is 16.5. The number of hydrogen-bond donors (Lipinski definition) is 3. The highest BCUT2D eigenvalue weighted by molar-refractivity contribution is 5.94. The van der Waals surface area contributed by atoms with Gasteiger partial charge in [0.05, 0.1) is 23.9 Å². The van der Waals surface area contributed by atoms with Crippen LogP contribution in [0.3, 0.4) is 0 Å². The van der Waals surface area contributed by atoms with Gasteiger partial charge in [-0.25, -0.2) is 5.43 Å². The Kier molecular flexibility index (Phi) is 6.25. The molecule has 2 aliphatic rings. The number of nitrogens with zero attached hydrogens (tertiary/aromatic N) is 2. The molecule has 1 atom stereocenters. The van der Waals surface area contributed by atoms with Crippen LogP contribution in [0, 0.1) is 5.92 Å². The van der Waals surface area contributed by atoms with E-state index in [2.05, 4.69) is 15.8 Å². The van der Waals surface area contributed by atoms with E-state index >= 15 is 0 Å². The maximum atomic E-state index is 12.8. The van der Waals surface area contributed by atoms with Crippen molar-refractivity contribution in [2.45, 2.75) is 31.9 Å². The van der Waals surface area contributed by atoms with Crippen LogP contribution in [0.5, 0.6) is 5.75 Å². The average molecular weight is 410 g/mol. The minimum atomic E-state index is -0.778. The first-order valence-corrected chi connectivity index (χ1v) is 10.3. The molecule has 0 saturated carbocycles. The molecular weight excluding hydrogens is 384 g/mol. The fraction of sp³-hybridized carbons (Fsp3) is 0.409. The van der Waals surface area contributed by atoms with Crippen LogP contribution >= 0.6 is 0 Å². The molecule has 0 radical (unpaired) electrons. The van der Waals surface area contributed by atoms with E-state index in [1.165, 1.54) is 0 Å². The van der Waals surface area contributed by atoms with Crippen molar-refractivity contribution in [1.82, 2.24) is 20.7 Å². The molecule has 1 aromatic carbocycles. The highest BCUT2D eigenvalue weighted by Crippen LogP contribution is 2.21. The van der Waals surface area contributed by atoms with Crippen LogP contribution in [0.1, 0.15) is 46.9 Å². The predicted molar refractivity (Wildman–Crippen MR) is 110 cm³/mol. The number of aromatic nitrogens is 1. The molecule has 2 fully saturated rings. The molecule has 8 heteroatoms. The van der Waals surface area contributed by atoms with Gasteiger partial charge < -0.3 is 14.7 Å². The summed E-state index contributed by atoms with van der Waals surface area (Å²) in [6.45, 7) is 2.21. The van der Waals surface area contributed by atoms with Gasteiger partial charge in [0.2, 0.25) is 0 Å². The van der Waals surface area contributed by atoms with Crippen LogP contribution in [0.2, 0.25) is 0 Å². The van der Waals surface area contributed by atoms with Gasteiger partial charge in [-0.3, -0.25) is 20.0 Å². The van der Waals surface area contributed by atoms with Crippen LogP contribution in [0.4, 0.5) is 0 Å². The van der Waals surface area contributed by atoms with Gasteiger partial charge in [0.15, 0.2) is 0 Å². The summed E-state index contributed by atoms with van der Waals surface area (Å²) in [4.78, 5) is 30.1. The Morgan fingerprint density at radius 1 is 1.17 bits per heavy atom. The number of hydrazine groups is 1. The SMILES string of the molecule is O=C(O)C1CCN(C(=O)c2cccc(COc3ccc(C4CCNN4)nc3)c2)CC1. The standard InChI is InChI=1S/C22H26N4O4/c27-21(26-10-7-16(8-11-26)22(28)29)17-3-1-2-15(12-17)14-30-18-4-5-19(23-13-18)20-6-9-24-25-20/h1-5,12-13,16,20,24-25H,6-11,14H2,(H,28,29). The lowest BCUT2D eigenvalue weighted by atomic mass is 9.96. The van der Waals surface area contributed by atoms with E-state index in [-0.39, 0.29) is 17.9 Å². The van der Waals surface area contributed by atoms with Gasteiger partial charge in [-0.15, -0.1) is 0 Å². The van der Waals surface area contributed by atoms with E-state index in [4.69, 9.17) is 9.84 Å². The molecule has 1 aromatic heterocycles. The molecular formula is C22H26N4O4. The lowest BCUT2D eigenvalue weighted by molar-refractivity contribution is -0.143. The van der Waals surface area contributed by atoms with Crippen LogP contribution in [0.15, 0.2) is 42.6 Å². The summed E-state index contributed by atoms with van der Waals surface area (Å²) in [7, 11) is 0. The van der Waals surface area contributed by atoms with E-state index in [0.29, 0.717) is 43.9 Å². The second-order valence-electron chi connectivity index (χ2n) is 7.72. The van der Waals surface area contributed by atoms with Crippen molar-refractivity contribution in [2.75, 3.05) is 19.6 Å². The number of benzene rings is 1. The monoisotopic (exact) mass is 410 g/mol. The normalized spacial score (nSPS) is 19.6. The van der Waals surface area contributed by atoms with Gasteiger partial charge in [0.1, 0.15) is 12.4 Å². The third kappa shape index (κ3) is 4.77. The topological polar surface area (TPSA) is 104 Å². The van der Waals surface area contributed by atoms with Gasteiger partial charge >= 0.3 is 5.97 Å². The first kappa shape index (κ1) is 20.3. The first-order chi connectivity index (χ1) is 14.6. The Bertz CT molecular complexity index is 888. The molecule has 0 spiro atoms. The number of pyridine rings is 1. The quantitative estimate of drug-likeness (QED) is 0.670. The molecule has 8 nitrogen and oxygen atoms in total. The molecule has 2 aromatic rings. The summed E-state index contributed by atoms with van der Waals surface area (Å²) in [6.07, 6.45) is 3.72. The minimum absolute atomic E-state index is 0.0654. The number of hydrogen-bond acceptors (Lipinski definition) is 6. The molecule has 0 bridgehead atoms. The van der Waals surface area contributed by atoms with Crippen molar-refractivity contribution in [1.29, 1.82) is 0 Å². The summed E-state index contributed by atoms with van der Waals surface area (Å²) in [6, 6.07) is 11.5. The number of aliphatic carboxylic acids is 1. The van der Waals surface area contributed by atoms with E-state index in [0.717, 1.165) is 24.2 Å². The van der Waals surface area contributed by atoms with Crippen LogP contribution < -0.4 is 15.6 Å². The zero-order valence-corrected chi connectivity index (χ0v) is 16.7. The van der Waals surface area contributed by atoms with Crippen LogP contribution in [0.25, 0.3) is 0 Å². The van der Waals surface area contributed by atoms with Crippen LogP contribution in [-0.2, 0) is 11.4 Å². The fourth-order valence-corrected chi connectivity index (χ4v) is 3.86. The second-order valence-corrected chi connectivity index (χ2v) is 7.72. The molecule has 2 saturated heterocycles. The zero-order chi connectivity index (χ0) is 20.9. The summed E-state index contributed by atoms with van der Waals surface area (Å²) in [5, 5.41) is 9.11. The summed E-state index contributed by atoms with van der Waals surface area (Å²) in [5.74, 6) is -0.518. The number of carboxylic acids is 1. The number of carboxylic acid groups (broad SMARTS) is 1. The molecule has 3 N–H and O–H groups in total. The van der Waals surface area contributed by atoms with Gasteiger partial charge in [0.25, 0.3) is 5.91 Å². The maximum Gasteiger partial charge on any atom is 0.306 e. The van der Waals surface area contributed by atoms with E-state index in [9.17, 15) is 9.59 Å². The second kappa shape index (κ2) is 9.23. The van der Waals surface area contributed by atoms with Gasteiger partial charge in [-0.1, -0.05) is 12.1 Å². The Balaban J connectivity index is 1.33. The third-order valence-electron chi connectivity index (χ3n) is 5.66. The molecule has 1 unspecified atom stereocenters. The average Bonchev–Trinajstić information content (AvgIpc) is 3.33. The maximum absolute atomic E-state index is 12.8. The Hall–Kier alpha value is -2.97. The van der Waals surface area contributed by atoms with Gasteiger partial charge in [-0.2, -0.15) is 0 Å². The number of nitrogens with one attached hydrogen (secondary N) is 2. The van der Waals surface area contributed by atoms with Crippen molar-refractivity contribution >= 4 is 11.9 Å². The third-order valence-corrected chi connectivity index (χ3v) is 5.66. The smallest absolute Gasteiger partial charge is 0.306 e. The number of carbonyl (C=O) groups excluding carboxylic acids is 1. The zero-order valence-electron chi connectivity index (χ0n) is 16.7. The van der Waals surface area contributed by atoms with E-state index in [1.807, 2.05) is 30.3 Å². The molecule has 3 heterocycles. The fourth-order valence-electron chi connectivity index (χ4n) is 3.86. The van der Waals surface area contributed by atoms with Crippen molar-refractivity contribution in [3.05, 3.63) is 59.4 Å². The Labute approximate surface area is 175 Å². The van der Waals surface area contributed by atoms with Gasteiger partial charge in [-0.05, 0) is 49.1 Å². The number of amides is 1. The lowest BCUT2D eigenvalue weighted by Crippen LogP contribution is -2.40. The van der Waals surface area contributed by atoms with Crippen molar-refractivity contribution < 1.29 is 19.4 Å². The molecule has 158 valence electrons. The number of carbonyl (C=O) groups is 2. The predicted octanol–water partition coefficient (Wildman–Crippen LogP) is 2.14. The van der Waals surface area contributed by atoms with Crippen molar-refractivity contribution in [2.24, 2.45) is 5.92 Å². The number of piperidine rings is 1. The molecule has 0 aliphatic carbocycles. The molecule has 30 heavy (non-hydrogen) atoms. The number of likely N-dealkylation sites (tertiary alicyclic amines) is 1. The Morgan fingerprint density at radius 3 is 2.67 bits per heavy atom. The largest absolute Gasteiger partial charge is 0.487 e. The highest BCUT2D eigenvalue weighted by Gasteiger charge is 2.27. The Morgan fingerprint density at radius 2 is 2.00 bits per heavy atom.